The molecule has 1 aromatic carbocycles. The molecule has 1 fully saturated rings. The van der Waals surface area contributed by atoms with Crippen molar-refractivity contribution in [1.29, 1.82) is 0 Å². The Bertz CT molecular complexity index is 621. The first-order valence-corrected chi connectivity index (χ1v) is 8.92. The molecule has 0 amide bonds. The summed E-state index contributed by atoms with van der Waals surface area (Å²) in [5.41, 5.74) is 1.12. The van der Waals surface area contributed by atoms with Crippen molar-refractivity contribution in [3.05, 3.63) is 24.3 Å². The molecule has 0 spiro atoms. The highest BCUT2D eigenvalue weighted by atomic mass is 127. The average molecular weight is 515 g/mol. The number of guanidine groups is 1. The smallest absolute Gasteiger partial charge is 0.401 e. The van der Waals surface area contributed by atoms with Crippen LogP contribution in [-0.4, -0.2) is 89.0 Å². The SMILES string of the molecule is CN=C(NCCN(C)CC(F)(F)F)N1CCN(c2cccc(OC)c2)CC1.I. The molecular formula is C18H29F3IN5O. The van der Waals surface area contributed by atoms with Gasteiger partial charge in [-0.15, -0.1) is 24.0 Å². The lowest BCUT2D eigenvalue weighted by molar-refractivity contribution is -0.142. The number of anilines is 1. The second kappa shape index (κ2) is 11.5. The third-order valence-electron chi connectivity index (χ3n) is 4.44. The van der Waals surface area contributed by atoms with Gasteiger partial charge < -0.3 is 19.9 Å². The Morgan fingerprint density at radius 2 is 1.93 bits per heavy atom. The van der Waals surface area contributed by atoms with Gasteiger partial charge >= 0.3 is 6.18 Å². The zero-order chi connectivity index (χ0) is 19.9. The fourth-order valence-corrected chi connectivity index (χ4v) is 3.06. The van der Waals surface area contributed by atoms with Crippen LogP contribution in [0.15, 0.2) is 29.3 Å². The van der Waals surface area contributed by atoms with E-state index in [9.17, 15) is 13.2 Å². The van der Waals surface area contributed by atoms with Gasteiger partial charge in [-0.2, -0.15) is 13.2 Å². The van der Waals surface area contributed by atoms with E-state index in [-0.39, 0.29) is 24.0 Å². The molecule has 0 atom stereocenters. The van der Waals surface area contributed by atoms with Crippen LogP contribution in [0.3, 0.4) is 0 Å². The Labute approximate surface area is 181 Å². The number of methoxy groups -OCH3 is 1. The summed E-state index contributed by atoms with van der Waals surface area (Å²) in [6.07, 6.45) is -4.17. The Morgan fingerprint density at radius 3 is 2.50 bits per heavy atom. The van der Waals surface area contributed by atoms with Crippen molar-refractivity contribution in [2.45, 2.75) is 6.18 Å². The molecular weight excluding hydrogens is 486 g/mol. The topological polar surface area (TPSA) is 43.3 Å². The van der Waals surface area contributed by atoms with Crippen molar-refractivity contribution in [1.82, 2.24) is 15.1 Å². The normalized spacial score (nSPS) is 15.5. The summed E-state index contributed by atoms with van der Waals surface area (Å²) in [6, 6.07) is 7.96. The lowest BCUT2D eigenvalue weighted by atomic mass is 10.2. The molecule has 0 aromatic heterocycles. The van der Waals surface area contributed by atoms with Crippen molar-refractivity contribution >= 4 is 35.6 Å². The van der Waals surface area contributed by atoms with Crippen LogP contribution in [0.5, 0.6) is 5.75 Å². The number of rotatable bonds is 6. The average Bonchev–Trinajstić information content (AvgIpc) is 2.64. The molecule has 0 radical (unpaired) electrons. The second-order valence-electron chi connectivity index (χ2n) is 6.50. The molecule has 1 saturated heterocycles. The van der Waals surface area contributed by atoms with Gasteiger partial charge in [0.05, 0.1) is 13.7 Å². The van der Waals surface area contributed by atoms with Gasteiger partial charge in [-0.3, -0.25) is 9.89 Å². The Balaban J connectivity index is 0.00000392. The number of likely N-dealkylation sites (N-methyl/N-ethyl adjacent to an activating group) is 1. The minimum Gasteiger partial charge on any atom is -0.497 e. The first-order valence-electron chi connectivity index (χ1n) is 8.92. The van der Waals surface area contributed by atoms with E-state index in [1.807, 2.05) is 18.2 Å². The summed E-state index contributed by atoms with van der Waals surface area (Å²) in [4.78, 5) is 9.92. The highest BCUT2D eigenvalue weighted by Gasteiger charge is 2.29. The van der Waals surface area contributed by atoms with Gasteiger partial charge in [0, 0.05) is 58.1 Å². The monoisotopic (exact) mass is 515 g/mol. The molecule has 0 bridgehead atoms. The number of ether oxygens (including phenoxy) is 1. The summed E-state index contributed by atoms with van der Waals surface area (Å²) in [5.74, 6) is 1.55. The van der Waals surface area contributed by atoms with Crippen LogP contribution in [0.2, 0.25) is 0 Å². The number of hydrogen-bond donors (Lipinski definition) is 1. The molecule has 0 unspecified atom stereocenters. The largest absolute Gasteiger partial charge is 0.497 e. The molecule has 1 aliphatic heterocycles. The van der Waals surface area contributed by atoms with Crippen LogP contribution in [-0.2, 0) is 0 Å². The number of halogens is 4. The third kappa shape index (κ3) is 7.90. The fourth-order valence-electron chi connectivity index (χ4n) is 3.06. The number of hydrogen-bond acceptors (Lipinski definition) is 4. The molecule has 2 rings (SSSR count). The van der Waals surface area contributed by atoms with E-state index in [4.69, 9.17) is 4.74 Å². The van der Waals surface area contributed by atoms with E-state index in [0.29, 0.717) is 13.1 Å². The molecule has 10 heteroatoms. The lowest BCUT2D eigenvalue weighted by Crippen LogP contribution is -2.53. The molecule has 0 saturated carbocycles. The van der Waals surface area contributed by atoms with E-state index in [2.05, 4.69) is 26.2 Å². The van der Waals surface area contributed by atoms with Crippen LogP contribution in [0.1, 0.15) is 0 Å². The number of benzene rings is 1. The highest BCUT2D eigenvalue weighted by molar-refractivity contribution is 14.0. The van der Waals surface area contributed by atoms with Gasteiger partial charge in [0.1, 0.15) is 5.75 Å². The Hall–Kier alpha value is -1.43. The van der Waals surface area contributed by atoms with Crippen LogP contribution in [0, 0.1) is 0 Å². The van der Waals surface area contributed by atoms with Crippen molar-refractivity contribution in [3.63, 3.8) is 0 Å². The van der Waals surface area contributed by atoms with Crippen molar-refractivity contribution in [3.8, 4) is 5.75 Å². The number of nitrogens with zero attached hydrogens (tertiary/aromatic N) is 4. The molecule has 1 aliphatic rings. The van der Waals surface area contributed by atoms with Crippen molar-refractivity contribution < 1.29 is 17.9 Å². The number of nitrogens with one attached hydrogen (secondary N) is 1. The molecule has 160 valence electrons. The minimum atomic E-state index is -4.17. The summed E-state index contributed by atoms with van der Waals surface area (Å²) in [7, 11) is 4.81. The zero-order valence-corrected chi connectivity index (χ0v) is 18.8. The van der Waals surface area contributed by atoms with Crippen LogP contribution in [0.4, 0.5) is 18.9 Å². The molecule has 1 heterocycles. The Kier molecular flexibility index (Phi) is 10.1. The van der Waals surface area contributed by atoms with E-state index in [0.717, 1.165) is 43.6 Å². The summed E-state index contributed by atoms with van der Waals surface area (Å²) < 4.78 is 42.4. The maximum atomic E-state index is 12.4. The standard InChI is InChI=1S/C18H28F3N5O.HI/c1-22-17(23-7-8-24(2)14-18(19,20)21)26-11-9-25(10-12-26)15-5-4-6-16(13-15)27-3;/h4-6,13H,7-12,14H2,1-3H3,(H,22,23);1H. The van der Waals surface area contributed by atoms with E-state index in [1.165, 1.54) is 11.9 Å². The molecule has 0 aliphatic carbocycles. The predicted molar refractivity (Wildman–Crippen MR) is 117 cm³/mol. The first kappa shape index (κ1) is 24.6. The number of alkyl halides is 3. The predicted octanol–water partition coefficient (Wildman–Crippen LogP) is 2.50. The summed E-state index contributed by atoms with van der Waals surface area (Å²) in [6.45, 7) is 3.04. The van der Waals surface area contributed by atoms with Gasteiger partial charge in [-0.25, -0.2) is 0 Å². The minimum absolute atomic E-state index is 0. The summed E-state index contributed by atoms with van der Waals surface area (Å²) >= 11 is 0. The molecule has 6 nitrogen and oxygen atoms in total. The first-order chi connectivity index (χ1) is 12.8. The molecule has 1 aromatic rings. The van der Waals surface area contributed by atoms with Crippen LogP contribution >= 0.6 is 24.0 Å². The third-order valence-corrected chi connectivity index (χ3v) is 4.44. The number of piperazine rings is 1. The number of aliphatic imine (C=N–C) groups is 1. The van der Waals surface area contributed by atoms with E-state index in [1.54, 1.807) is 14.2 Å². The Morgan fingerprint density at radius 1 is 1.25 bits per heavy atom. The van der Waals surface area contributed by atoms with Crippen molar-refractivity contribution in [2.24, 2.45) is 4.99 Å². The lowest BCUT2D eigenvalue weighted by Gasteiger charge is -2.37. The van der Waals surface area contributed by atoms with Gasteiger partial charge in [-0.1, -0.05) is 6.07 Å². The fraction of sp³-hybridized carbons (Fsp3) is 0.611. The van der Waals surface area contributed by atoms with Gasteiger partial charge in [0.2, 0.25) is 0 Å². The maximum absolute atomic E-state index is 12.4. The zero-order valence-electron chi connectivity index (χ0n) is 16.5. The second-order valence-corrected chi connectivity index (χ2v) is 6.50. The van der Waals surface area contributed by atoms with E-state index >= 15 is 0 Å². The molecule has 1 N–H and O–H groups in total. The quantitative estimate of drug-likeness (QED) is 0.359. The van der Waals surface area contributed by atoms with Crippen LogP contribution in [0.25, 0.3) is 0 Å². The molecule has 28 heavy (non-hydrogen) atoms. The highest BCUT2D eigenvalue weighted by Crippen LogP contribution is 2.22. The van der Waals surface area contributed by atoms with Crippen molar-refractivity contribution in [2.75, 3.05) is 71.9 Å². The maximum Gasteiger partial charge on any atom is 0.401 e. The van der Waals surface area contributed by atoms with Crippen LogP contribution < -0.4 is 15.0 Å². The summed E-state index contributed by atoms with van der Waals surface area (Å²) in [5, 5.41) is 3.16. The van der Waals surface area contributed by atoms with E-state index < -0.39 is 12.7 Å². The van der Waals surface area contributed by atoms with Gasteiger partial charge in [0.25, 0.3) is 0 Å². The van der Waals surface area contributed by atoms with Gasteiger partial charge in [0.15, 0.2) is 5.96 Å². The van der Waals surface area contributed by atoms with Gasteiger partial charge in [-0.05, 0) is 19.2 Å².